The highest BCUT2D eigenvalue weighted by molar-refractivity contribution is 9.10. The number of hydrogen-bond acceptors (Lipinski definition) is 3. The lowest BCUT2D eigenvalue weighted by atomic mass is 10.1. The molecule has 18 heavy (non-hydrogen) atoms. The summed E-state index contributed by atoms with van der Waals surface area (Å²) in [6.07, 6.45) is 5.78. The van der Waals surface area contributed by atoms with Crippen LogP contribution >= 0.6 is 15.9 Å². The fourth-order valence-electron chi connectivity index (χ4n) is 1.89. The maximum atomic E-state index is 4.46. The van der Waals surface area contributed by atoms with E-state index in [1.165, 1.54) is 0 Å². The summed E-state index contributed by atoms with van der Waals surface area (Å²) >= 11 is 3.56. The van der Waals surface area contributed by atoms with Gasteiger partial charge in [-0.15, -0.1) is 0 Å². The van der Waals surface area contributed by atoms with Gasteiger partial charge in [-0.1, -0.05) is 6.92 Å². The van der Waals surface area contributed by atoms with E-state index in [1.807, 2.05) is 29.2 Å². The Morgan fingerprint density at radius 1 is 1.44 bits per heavy atom. The Morgan fingerprint density at radius 3 is 2.89 bits per heavy atom. The Kier molecular flexibility index (Phi) is 4.49. The van der Waals surface area contributed by atoms with Crippen molar-refractivity contribution in [1.29, 1.82) is 0 Å². The topological polar surface area (TPSA) is 42.7 Å². The van der Waals surface area contributed by atoms with Crippen LogP contribution in [0, 0.1) is 0 Å². The van der Waals surface area contributed by atoms with Crippen molar-refractivity contribution in [3.63, 3.8) is 0 Å². The summed E-state index contributed by atoms with van der Waals surface area (Å²) in [6, 6.07) is 4.01. The van der Waals surface area contributed by atoms with Crippen LogP contribution in [0.5, 0.6) is 0 Å². The number of aryl methyl sites for hydroxylation is 1. The number of nitrogens with one attached hydrogen (secondary N) is 1. The van der Waals surface area contributed by atoms with E-state index in [0.29, 0.717) is 0 Å². The Hall–Kier alpha value is -1.20. The third-order valence-corrected chi connectivity index (χ3v) is 3.45. The van der Waals surface area contributed by atoms with E-state index in [0.717, 1.165) is 28.8 Å². The van der Waals surface area contributed by atoms with Gasteiger partial charge in [-0.3, -0.25) is 9.67 Å². The van der Waals surface area contributed by atoms with E-state index >= 15 is 0 Å². The molecule has 0 saturated heterocycles. The second-order valence-electron chi connectivity index (χ2n) is 3.99. The molecule has 0 saturated carbocycles. The predicted molar refractivity (Wildman–Crippen MR) is 75.4 cm³/mol. The van der Waals surface area contributed by atoms with Crippen molar-refractivity contribution in [2.24, 2.45) is 0 Å². The molecule has 1 N–H and O–H groups in total. The highest BCUT2D eigenvalue weighted by Crippen LogP contribution is 2.26. The maximum absolute atomic E-state index is 4.46. The number of halogens is 1. The summed E-state index contributed by atoms with van der Waals surface area (Å²) in [5.41, 5.74) is 2.13. The average Bonchev–Trinajstić information content (AvgIpc) is 2.85. The Labute approximate surface area is 116 Å². The van der Waals surface area contributed by atoms with Gasteiger partial charge in [0.2, 0.25) is 0 Å². The minimum atomic E-state index is 0.0749. The molecule has 0 spiro atoms. The third-order valence-electron chi connectivity index (χ3n) is 2.78. The molecule has 0 aromatic carbocycles. The van der Waals surface area contributed by atoms with Crippen LogP contribution in [0.3, 0.4) is 0 Å². The number of hydrogen-bond donors (Lipinski definition) is 1. The molecule has 0 amide bonds. The molecule has 0 aliphatic carbocycles. The summed E-state index contributed by atoms with van der Waals surface area (Å²) in [5.74, 6) is 0. The molecule has 2 rings (SSSR count). The fourth-order valence-corrected chi connectivity index (χ4v) is 2.37. The van der Waals surface area contributed by atoms with Gasteiger partial charge in [0.15, 0.2) is 0 Å². The lowest BCUT2D eigenvalue weighted by molar-refractivity contribution is 0.609. The lowest BCUT2D eigenvalue weighted by Gasteiger charge is -2.17. The monoisotopic (exact) mass is 308 g/mol. The van der Waals surface area contributed by atoms with Gasteiger partial charge < -0.3 is 5.32 Å². The van der Waals surface area contributed by atoms with E-state index < -0.39 is 0 Å². The van der Waals surface area contributed by atoms with Crippen LogP contribution in [0.15, 0.2) is 35.2 Å². The van der Waals surface area contributed by atoms with Crippen LogP contribution in [0.2, 0.25) is 0 Å². The van der Waals surface area contributed by atoms with Crippen LogP contribution in [-0.4, -0.2) is 21.3 Å². The van der Waals surface area contributed by atoms with Gasteiger partial charge in [-0.2, -0.15) is 5.10 Å². The largest absolute Gasteiger partial charge is 0.305 e. The summed E-state index contributed by atoms with van der Waals surface area (Å²) in [5, 5.41) is 7.77. The van der Waals surface area contributed by atoms with Crippen LogP contribution < -0.4 is 5.32 Å². The predicted octanol–water partition coefficient (Wildman–Crippen LogP) is 2.76. The highest BCUT2D eigenvalue weighted by Gasteiger charge is 2.18. The minimum absolute atomic E-state index is 0.0749. The first kappa shape index (κ1) is 13.2. The molecule has 1 atom stereocenters. The van der Waals surface area contributed by atoms with Gasteiger partial charge >= 0.3 is 0 Å². The van der Waals surface area contributed by atoms with Crippen LogP contribution in [0.1, 0.15) is 31.1 Å². The molecule has 4 nitrogen and oxygen atoms in total. The van der Waals surface area contributed by atoms with Crippen LogP contribution in [0.4, 0.5) is 0 Å². The van der Waals surface area contributed by atoms with Gasteiger partial charge in [0.05, 0.1) is 17.9 Å². The number of pyridine rings is 1. The number of aromatic nitrogens is 3. The zero-order chi connectivity index (χ0) is 13.0. The van der Waals surface area contributed by atoms with E-state index in [2.05, 4.69) is 51.4 Å². The number of nitrogens with zero attached hydrogens (tertiary/aromatic N) is 3. The zero-order valence-corrected chi connectivity index (χ0v) is 12.2. The van der Waals surface area contributed by atoms with Gasteiger partial charge in [-0.25, -0.2) is 0 Å². The molecular formula is C13H17BrN4. The van der Waals surface area contributed by atoms with Crippen molar-refractivity contribution in [3.05, 3.63) is 46.5 Å². The molecule has 0 bridgehead atoms. The first-order valence-corrected chi connectivity index (χ1v) is 6.91. The van der Waals surface area contributed by atoms with Gasteiger partial charge in [0, 0.05) is 29.0 Å². The van der Waals surface area contributed by atoms with Crippen molar-refractivity contribution in [2.45, 2.75) is 26.4 Å². The van der Waals surface area contributed by atoms with Crippen molar-refractivity contribution in [2.75, 3.05) is 6.54 Å². The lowest BCUT2D eigenvalue weighted by Crippen LogP contribution is -2.23. The van der Waals surface area contributed by atoms with Crippen molar-refractivity contribution >= 4 is 15.9 Å². The van der Waals surface area contributed by atoms with Gasteiger partial charge in [-0.05, 0) is 41.5 Å². The summed E-state index contributed by atoms with van der Waals surface area (Å²) < 4.78 is 2.94. The van der Waals surface area contributed by atoms with Gasteiger partial charge in [0.25, 0.3) is 0 Å². The Morgan fingerprint density at radius 2 is 2.28 bits per heavy atom. The van der Waals surface area contributed by atoms with E-state index in [1.54, 1.807) is 0 Å². The molecule has 96 valence electrons. The molecule has 0 fully saturated rings. The minimum Gasteiger partial charge on any atom is -0.305 e. The fraction of sp³-hybridized carbons (Fsp3) is 0.385. The number of rotatable bonds is 5. The molecule has 5 heteroatoms. The van der Waals surface area contributed by atoms with Crippen LogP contribution in [0.25, 0.3) is 0 Å². The third kappa shape index (κ3) is 2.79. The normalized spacial score (nSPS) is 12.6. The summed E-state index contributed by atoms with van der Waals surface area (Å²) in [7, 11) is 0. The first-order valence-electron chi connectivity index (χ1n) is 6.12. The zero-order valence-electron chi connectivity index (χ0n) is 10.6. The summed E-state index contributed by atoms with van der Waals surface area (Å²) in [6.45, 7) is 5.93. The second kappa shape index (κ2) is 6.11. The van der Waals surface area contributed by atoms with E-state index in [4.69, 9.17) is 0 Å². The molecule has 2 aromatic heterocycles. The molecule has 2 aromatic rings. The first-order chi connectivity index (χ1) is 8.76. The quantitative estimate of drug-likeness (QED) is 0.923. The Bertz CT molecular complexity index is 509. The molecule has 2 heterocycles. The van der Waals surface area contributed by atoms with Crippen molar-refractivity contribution < 1.29 is 0 Å². The molecule has 0 radical (unpaired) electrons. The standard InChI is InChI=1S/C13H17BrN4/c1-3-15-12(10-8-17-18(4-2)9-10)13-11(14)6-5-7-16-13/h5-9,12,15H,3-4H2,1-2H3. The summed E-state index contributed by atoms with van der Waals surface area (Å²) in [4.78, 5) is 4.46. The van der Waals surface area contributed by atoms with E-state index in [-0.39, 0.29) is 6.04 Å². The molecule has 1 unspecified atom stereocenters. The molecular weight excluding hydrogens is 292 g/mol. The smallest absolute Gasteiger partial charge is 0.0793 e. The highest BCUT2D eigenvalue weighted by atomic mass is 79.9. The van der Waals surface area contributed by atoms with E-state index in [9.17, 15) is 0 Å². The van der Waals surface area contributed by atoms with Crippen molar-refractivity contribution in [3.8, 4) is 0 Å². The maximum Gasteiger partial charge on any atom is 0.0793 e. The average molecular weight is 309 g/mol. The SMILES string of the molecule is CCNC(c1cnn(CC)c1)c1ncccc1Br. The van der Waals surface area contributed by atoms with Crippen LogP contribution in [-0.2, 0) is 6.54 Å². The Balaban J connectivity index is 2.36. The van der Waals surface area contributed by atoms with Crippen molar-refractivity contribution in [1.82, 2.24) is 20.1 Å². The molecule has 0 aliphatic rings. The second-order valence-corrected chi connectivity index (χ2v) is 4.84. The van der Waals surface area contributed by atoms with Gasteiger partial charge in [0.1, 0.15) is 0 Å². The molecule has 0 aliphatic heterocycles.